The van der Waals surface area contributed by atoms with E-state index >= 15 is 0 Å². The maximum absolute atomic E-state index is 12.6. The van der Waals surface area contributed by atoms with Crippen LogP contribution in [-0.2, 0) is 10.0 Å². The van der Waals surface area contributed by atoms with Crippen LogP contribution in [0.3, 0.4) is 0 Å². The van der Waals surface area contributed by atoms with Gasteiger partial charge >= 0.3 is 0 Å². The number of aromatic nitrogens is 2. The van der Waals surface area contributed by atoms with E-state index in [9.17, 15) is 8.42 Å². The number of rotatable bonds is 7. The van der Waals surface area contributed by atoms with Crippen molar-refractivity contribution in [1.29, 1.82) is 0 Å². The summed E-state index contributed by atoms with van der Waals surface area (Å²) in [4.78, 5) is 0.200. The first-order valence-corrected chi connectivity index (χ1v) is 9.91. The molecule has 0 fully saturated rings. The van der Waals surface area contributed by atoms with E-state index in [1.165, 1.54) is 23.1 Å². The minimum atomic E-state index is -3.73. The summed E-state index contributed by atoms with van der Waals surface area (Å²) in [5.74, 6) is 1.35. The second kappa shape index (κ2) is 7.33. The smallest absolute Gasteiger partial charge is 0.263 e. The number of sulfonamides is 1. The van der Waals surface area contributed by atoms with E-state index in [0.717, 1.165) is 5.56 Å². The van der Waals surface area contributed by atoms with Crippen molar-refractivity contribution in [2.24, 2.45) is 0 Å². The van der Waals surface area contributed by atoms with E-state index in [4.69, 9.17) is 4.74 Å². The van der Waals surface area contributed by atoms with Crippen LogP contribution >= 0.6 is 23.1 Å². The summed E-state index contributed by atoms with van der Waals surface area (Å²) >= 11 is 2.64. The van der Waals surface area contributed by atoms with E-state index in [0.29, 0.717) is 21.4 Å². The predicted molar refractivity (Wildman–Crippen MR) is 94.1 cm³/mol. The minimum Gasteiger partial charge on any atom is -0.496 e. The zero-order valence-electron chi connectivity index (χ0n) is 13.0. The molecule has 0 saturated carbocycles. The number of nitrogens with zero attached hydrogens (tertiary/aromatic N) is 2. The van der Waals surface area contributed by atoms with Gasteiger partial charge in [-0.25, -0.2) is 8.42 Å². The molecule has 0 unspecified atom stereocenters. The van der Waals surface area contributed by atoms with Gasteiger partial charge in [-0.3, -0.25) is 4.72 Å². The van der Waals surface area contributed by atoms with Crippen molar-refractivity contribution in [3.63, 3.8) is 0 Å². The monoisotopic (exact) mass is 371 g/mol. The lowest BCUT2D eigenvalue weighted by atomic mass is 10.1. The van der Waals surface area contributed by atoms with Gasteiger partial charge in [-0.2, -0.15) is 0 Å². The van der Waals surface area contributed by atoms with E-state index in [1.54, 1.807) is 39.2 Å². The van der Waals surface area contributed by atoms with Crippen LogP contribution in [0.1, 0.15) is 11.1 Å². The molecule has 2 aromatic rings. The number of ether oxygens (including phenoxy) is 1. The molecule has 6 nitrogen and oxygen atoms in total. The summed E-state index contributed by atoms with van der Waals surface area (Å²) in [7, 11) is -2.17. The molecule has 0 aliphatic carbocycles. The lowest BCUT2D eigenvalue weighted by molar-refractivity contribution is 0.411. The van der Waals surface area contributed by atoms with Crippen molar-refractivity contribution in [2.75, 3.05) is 17.6 Å². The van der Waals surface area contributed by atoms with Crippen LogP contribution in [-0.4, -0.2) is 31.5 Å². The average Bonchev–Trinajstić information content (AvgIpc) is 2.93. The summed E-state index contributed by atoms with van der Waals surface area (Å²) in [6, 6.07) is 3.29. The first kappa shape index (κ1) is 17.8. The molecule has 1 N–H and O–H groups in total. The first-order chi connectivity index (χ1) is 10.9. The zero-order valence-corrected chi connectivity index (χ0v) is 15.4. The molecule has 23 heavy (non-hydrogen) atoms. The Kier molecular flexibility index (Phi) is 5.66. The van der Waals surface area contributed by atoms with Crippen LogP contribution in [0, 0.1) is 13.8 Å². The van der Waals surface area contributed by atoms with Crippen molar-refractivity contribution in [3.05, 3.63) is 35.9 Å². The van der Waals surface area contributed by atoms with Gasteiger partial charge in [-0.05, 0) is 37.1 Å². The van der Waals surface area contributed by atoms with Gasteiger partial charge in [0.25, 0.3) is 10.0 Å². The van der Waals surface area contributed by atoms with Gasteiger partial charge in [0.2, 0.25) is 5.13 Å². The maximum Gasteiger partial charge on any atom is 0.263 e. The van der Waals surface area contributed by atoms with Gasteiger partial charge in [0.05, 0.1) is 12.0 Å². The summed E-state index contributed by atoms with van der Waals surface area (Å²) in [5.41, 5.74) is 1.35. The van der Waals surface area contributed by atoms with Gasteiger partial charge in [0, 0.05) is 5.75 Å². The first-order valence-electron chi connectivity index (χ1n) is 6.62. The minimum absolute atomic E-state index is 0.200. The highest BCUT2D eigenvalue weighted by atomic mass is 32.2. The fourth-order valence-corrected chi connectivity index (χ4v) is 4.94. The van der Waals surface area contributed by atoms with Crippen molar-refractivity contribution < 1.29 is 13.2 Å². The maximum atomic E-state index is 12.6. The molecular formula is C14H17N3O3S3. The number of hydrogen-bond acceptors (Lipinski definition) is 7. The number of anilines is 1. The lowest BCUT2D eigenvalue weighted by Crippen LogP contribution is -2.14. The van der Waals surface area contributed by atoms with Crippen LogP contribution in [0.25, 0.3) is 0 Å². The second-order valence-electron chi connectivity index (χ2n) is 4.67. The standard InChI is InChI=1S/C14H17N3O3S3/c1-5-6-21-14-16-15-13(22-14)17-23(18,19)12-8-9(2)11(20-4)7-10(12)3/h5,7-8H,1,6H2,2-4H3,(H,15,17). The highest BCUT2D eigenvalue weighted by Gasteiger charge is 2.20. The Morgan fingerprint density at radius 2 is 2.09 bits per heavy atom. The van der Waals surface area contributed by atoms with Crippen molar-refractivity contribution in [1.82, 2.24) is 10.2 Å². The van der Waals surface area contributed by atoms with Crippen molar-refractivity contribution >= 4 is 38.3 Å². The highest BCUT2D eigenvalue weighted by molar-refractivity contribution is 8.01. The molecule has 0 aliphatic rings. The zero-order chi connectivity index (χ0) is 17.0. The Bertz CT molecular complexity index is 816. The molecule has 1 aromatic heterocycles. The van der Waals surface area contributed by atoms with E-state index in [2.05, 4.69) is 21.5 Å². The Balaban J connectivity index is 2.27. The molecule has 0 radical (unpaired) electrons. The number of thioether (sulfide) groups is 1. The van der Waals surface area contributed by atoms with E-state index < -0.39 is 10.0 Å². The molecule has 1 heterocycles. The van der Waals surface area contributed by atoms with Crippen LogP contribution in [0.15, 0.2) is 34.0 Å². The van der Waals surface area contributed by atoms with Crippen molar-refractivity contribution in [3.8, 4) is 5.75 Å². The van der Waals surface area contributed by atoms with E-state index in [1.807, 2.05) is 0 Å². The molecule has 0 saturated heterocycles. The largest absolute Gasteiger partial charge is 0.496 e. The fraction of sp³-hybridized carbons (Fsp3) is 0.286. The highest BCUT2D eigenvalue weighted by Crippen LogP contribution is 2.29. The van der Waals surface area contributed by atoms with Gasteiger partial charge in [0.1, 0.15) is 5.75 Å². The summed E-state index contributed by atoms with van der Waals surface area (Å²) in [5, 5.41) is 8.04. The molecule has 0 atom stereocenters. The molecule has 9 heteroatoms. The molecule has 124 valence electrons. The van der Waals surface area contributed by atoms with E-state index in [-0.39, 0.29) is 10.0 Å². The number of benzene rings is 1. The normalized spacial score (nSPS) is 11.3. The third-order valence-electron chi connectivity index (χ3n) is 2.93. The molecule has 0 aliphatic heterocycles. The van der Waals surface area contributed by atoms with Gasteiger partial charge in [-0.15, -0.1) is 16.8 Å². The molecule has 2 rings (SSSR count). The number of methoxy groups -OCH3 is 1. The third-order valence-corrected chi connectivity index (χ3v) is 6.51. The molecule has 0 spiro atoms. The Morgan fingerprint density at radius 3 is 2.74 bits per heavy atom. The summed E-state index contributed by atoms with van der Waals surface area (Å²) in [6.07, 6.45) is 1.75. The van der Waals surface area contributed by atoms with Gasteiger partial charge in [0.15, 0.2) is 4.34 Å². The predicted octanol–water partition coefficient (Wildman–Crippen LogP) is 3.24. The van der Waals surface area contributed by atoms with Crippen LogP contribution in [0.5, 0.6) is 5.75 Å². The number of nitrogens with one attached hydrogen (secondary N) is 1. The molecule has 1 aromatic carbocycles. The summed E-state index contributed by atoms with van der Waals surface area (Å²) in [6.45, 7) is 7.15. The number of aryl methyl sites for hydroxylation is 2. The lowest BCUT2D eigenvalue weighted by Gasteiger charge is -2.12. The topological polar surface area (TPSA) is 81.2 Å². The second-order valence-corrected chi connectivity index (χ2v) is 8.56. The Morgan fingerprint density at radius 1 is 1.35 bits per heavy atom. The van der Waals surface area contributed by atoms with Crippen LogP contribution < -0.4 is 9.46 Å². The van der Waals surface area contributed by atoms with Gasteiger partial charge < -0.3 is 4.74 Å². The van der Waals surface area contributed by atoms with Crippen LogP contribution in [0.2, 0.25) is 0 Å². The van der Waals surface area contributed by atoms with Crippen LogP contribution in [0.4, 0.5) is 5.13 Å². The Labute approximate surface area is 144 Å². The molecule has 0 bridgehead atoms. The number of hydrogen-bond donors (Lipinski definition) is 1. The fourth-order valence-electron chi connectivity index (χ4n) is 1.88. The third kappa shape index (κ3) is 4.24. The molecular weight excluding hydrogens is 354 g/mol. The molecule has 0 amide bonds. The SMILES string of the molecule is C=CCSc1nnc(NS(=O)(=O)c2cc(C)c(OC)cc2C)s1. The Hall–Kier alpha value is -1.58. The summed E-state index contributed by atoms with van der Waals surface area (Å²) < 4.78 is 33.5. The average molecular weight is 372 g/mol. The van der Waals surface area contributed by atoms with Crippen molar-refractivity contribution in [2.45, 2.75) is 23.1 Å². The van der Waals surface area contributed by atoms with Gasteiger partial charge in [-0.1, -0.05) is 29.2 Å². The quantitative estimate of drug-likeness (QED) is 0.594.